The van der Waals surface area contributed by atoms with E-state index in [4.69, 9.17) is 16.3 Å². The van der Waals surface area contributed by atoms with Crippen molar-refractivity contribution < 1.29 is 14.6 Å². The van der Waals surface area contributed by atoms with Crippen molar-refractivity contribution in [2.75, 3.05) is 6.61 Å². The first-order valence-electron chi connectivity index (χ1n) is 9.69. The molecule has 0 saturated heterocycles. The van der Waals surface area contributed by atoms with E-state index >= 15 is 0 Å². The summed E-state index contributed by atoms with van der Waals surface area (Å²) in [5, 5.41) is 14.3. The molecule has 0 aliphatic rings. The topological polar surface area (TPSA) is 62.3 Å². The van der Waals surface area contributed by atoms with Crippen molar-refractivity contribution in [2.24, 2.45) is 0 Å². The van der Waals surface area contributed by atoms with Crippen molar-refractivity contribution in [3.8, 4) is 5.75 Å². The van der Waals surface area contributed by atoms with Crippen LogP contribution in [0, 0.1) is 0 Å². The van der Waals surface area contributed by atoms with Gasteiger partial charge in [-0.2, -0.15) is 0 Å². The first-order chi connectivity index (χ1) is 14.0. The lowest BCUT2D eigenvalue weighted by Crippen LogP contribution is -2.03. The molecule has 0 spiro atoms. The van der Waals surface area contributed by atoms with Gasteiger partial charge in [0.05, 0.1) is 13.0 Å². The number of unbranched alkanes of at least 4 members (excludes halogenated alkanes) is 1. The molecule has 0 bridgehead atoms. The molecule has 4 aromatic rings. The third kappa shape index (κ3) is 4.26. The monoisotopic (exact) mass is 427 g/mol. The number of carboxylic acid groups (broad SMARTS) is 1. The van der Waals surface area contributed by atoms with E-state index in [9.17, 15) is 9.90 Å². The minimum atomic E-state index is -0.839. The zero-order valence-corrected chi connectivity index (χ0v) is 17.7. The van der Waals surface area contributed by atoms with Crippen molar-refractivity contribution in [1.29, 1.82) is 0 Å². The van der Waals surface area contributed by atoms with Crippen LogP contribution in [0.25, 0.3) is 21.0 Å². The quantitative estimate of drug-likeness (QED) is 0.318. The molecule has 2 aromatic carbocycles. The Balaban J connectivity index is 1.73. The summed E-state index contributed by atoms with van der Waals surface area (Å²) >= 11 is 7.86. The molecule has 0 fully saturated rings. The average molecular weight is 428 g/mol. The number of hydrogen-bond acceptors (Lipinski definition) is 3. The normalized spacial score (nSPS) is 11.4. The number of nitrogens with one attached hydrogen (secondary N) is 1. The molecule has 4 nitrogen and oxygen atoms in total. The molecule has 0 radical (unpaired) electrons. The Kier molecular flexibility index (Phi) is 5.79. The van der Waals surface area contributed by atoms with E-state index in [2.05, 4.69) is 17.3 Å². The van der Waals surface area contributed by atoms with Gasteiger partial charge in [0, 0.05) is 38.8 Å². The summed E-state index contributed by atoms with van der Waals surface area (Å²) in [5.74, 6) is -0.0398. The molecule has 0 saturated carbocycles. The number of aliphatic carboxylic acids is 1. The molecule has 4 rings (SSSR count). The number of thiophene rings is 1. The van der Waals surface area contributed by atoms with E-state index in [1.54, 1.807) is 11.3 Å². The number of rotatable bonds is 8. The molecule has 0 atom stereocenters. The molecule has 29 heavy (non-hydrogen) atoms. The molecule has 0 unspecified atom stereocenters. The van der Waals surface area contributed by atoms with Crippen LogP contribution in [-0.2, 0) is 17.6 Å². The fourth-order valence-electron chi connectivity index (χ4n) is 3.60. The van der Waals surface area contributed by atoms with E-state index in [-0.39, 0.29) is 6.42 Å². The standard InChI is InChI=1S/C23H22ClNO3S/c1-2-3-8-28-16-5-6-17-19(12-23(26)27)20(25-21(17)11-16)9-14-13-29-22-7-4-15(24)10-18(14)22/h4-7,10-11,13,25H,2-3,8-9,12H2,1H3,(H,26,27). The molecule has 150 valence electrons. The second-order valence-corrected chi connectivity index (χ2v) is 8.49. The Morgan fingerprint density at radius 1 is 1.21 bits per heavy atom. The third-order valence-corrected chi connectivity index (χ3v) is 6.29. The summed E-state index contributed by atoms with van der Waals surface area (Å²) in [4.78, 5) is 15.0. The van der Waals surface area contributed by atoms with Crippen LogP contribution in [0.3, 0.4) is 0 Å². The van der Waals surface area contributed by atoms with Gasteiger partial charge in [-0.05, 0) is 58.6 Å². The molecule has 2 N–H and O–H groups in total. The molecule has 0 amide bonds. The Labute approximate surface area is 178 Å². The number of benzene rings is 2. The second-order valence-electron chi connectivity index (χ2n) is 7.14. The van der Waals surface area contributed by atoms with Gasteiger partial charge in [0.1, 0.15) is 5.75 Å². The summed E-state index contributed by atoms with van der Waals surface area (Å²) < 4.78 is 6.99. The lowest BCUT2D eigenvalue weighted by Gasteiger charge is -2.05. The van der Waals surface area contributed by atoms with E-state index in [0.717, 1.165) is 51.7 Å². The molecule has 0 aliphatic heterocycles. The first-order valence-corrected chi connectivity index (χ1v) is 10.9. The van der Waals surface area contributed by atoms with E-state index < -0.39 is 5.97 Å². The van der Waals surface area contributed by atoms with Crippen LogP contribution in [0.1, 0.15) is 36.6 Å². The largest absolute Gasteiger partial charge is 0.494 e. The van der Waals surface area contributed by atoms with Crippen molar-refractivity contribution in [2.45, 2.75) is 32.6 Å². The molecule has 0 aliphatic carbocycles. The minimum Gasteiger partial charge on any atom is -0.494 e. The lowest BCUT2D eigenvalue weighted by molar-refractivity contribution is -0.136. The zero-order chi connectivity index (χ0) is 20.4. The number of ether oxygens (including phenoxy) is 1. The molecule has 6 heteroatoms. The highest BCUT2D eigenvalue weighted by molar-refractivity contribution is 7.17. The van der Waals surface area contributed by atoms with Gasteiger partial charge in [-0.15, -0.1) is 11.3 Å². The van der Waals surface area contributed by atoms with E-state index in [1.807, 2.05) is 36.4 Å². The maximum atomic E-state index is 11.5. The summed E-state index contributed by atoms with van der Waals surface area (Å²) in [6, 6.07) is 11.7. The molecule has 2 aromatic heterocycles. The third-order valence-electron chi connectivity index (χ3n) is 5.04. The van der Waals surface area contributed by atoms with Crippen LogP contribution in [0.5, 0.6) is 5.75 Å². The van der Waals surface area contributed by atoms with Crippen molar-refractivity contribution in [3.63, 3.8) is 0 Å². The number of carbonyl (C=O) groups is 1. The van der Waals surface area contributed by atoms with Gasteiger partial charge in [0.25, 0.3) is 0 Å². The number of aromatic amines is 1. The summed E-state index contributed by atoms with van der Waals surface area (Å²) in [7, 11) is 0. The van der Waals surface area contributed by atoms with Crippen molar-refractivity contribution in [3.05, 3.63) is 63.6 Å². The smallest absolute Gasteiger partial charge is 0.307 e. The maximum Gasteiger partial charge on any atom is 0.307 e. The van der Waals surface area contributed by atoms with Crippen LogP contribution >= 0.6 is 22.9 Å². The highest BCUT2D eigenvalue weighted by Crippen LogP contribution is 2.33. The Bertz CT molecular complexity index is 1180. The number of halogens is 1. The van der Waals surface area contributed by atoms with Crippen LogP contribution in [-0.4, -0.2) is 22.7 Å². The molecule has 2 heterocycles. The highest BCUT2D eigenvalue weighted by Gasteiger charge is 2.17. The number of aromatic nitrogens is 1. The minimum absolute atomic E-state index is 0.0196. The maximum absolute atomic E-state index is 11.5. The Morgan fingerprint density at radius 2 is 2.07 bits per heavy atom. The van der Waals surface area contributed by atoms with E-state index in [0.29, 0.717) is 18.1 Å². The highest BCUT2D eigenvalue weighted by atomic mass is 35.5. The number of hydrogen-bond donors (Lipinski definition) is 2. The predicted octanol–water partition coefficient (Wildman–Crippen LogP) is 6.43. The summed E-state index contributed by atoms with van der Waals surface area (Å²) in [6.07, 6.45) is 2.69. The number of H-pyrrole nitrogens is 1. The Morgan fingerprint density at radius 3 is 2.86 bits per heavy atom. The van der Waals surface area contributed by atoms with Crippen LogP contribution < -0.4 is 4.74 Å². The predicted molar refractivity (Wildman–Crippen MR) is 120 cm³/mol. The average Bonchev–Trinajstić information content (AvgIpc) is 3.23. The lowest BCUT2D eigenvalue weighted by atomic mass is 10.0. The van der Waals surface area contributed by atoms with E-state index in [1.165, 1.54) is 4.70 Å². The number of fused-ring (bicyclic) bond motifs is 2. The van der Waals surface area contributed by atoms with Crippen LogP contribution in [0.15, 0.2) is 41.8 Å². The van der Waals surface area contributed by atoms with Gasteiger partial charge in [-0.25, -0.2) is 0 Å². The summed E-state index contributed by atoms with van der Waals surface area (Å²) in [5.41, 5.74) is 3.80. The zero-order valence-electron chi connectivity index (χ0n) is 16.1. The van der Waals surface area contributed by atoms with Gasteiger partial charge >= 0.3 is 5.97 Å². The Hall–Kier alpha value is -2.50. The van der Waals surface area contributed by atoms with Crippen LogP contribution in [0.4, 0.5) is 0 Å². The number of carboxylic acids is 1. The van der Waals surface area contributed by atoms with Crippen LogP contribution in [0.2, 0.25) is 5.02 Å². The fourth-order valence-corrected chi connectivity index (χ4v) is 4.72. The fraction of sp³-hybridized carbons (Fsp3) is 0.261. The first kappa shape index (κ1) is 19.8. The van der Waals surface area contributed by atoms with Gasteiger partial charge < -0.3 is 14.8 Å². The summed E-state index contributed by atoms with van der Waals surface area (Å²) in [6.45, 7) is 2.81. The van der Waals surface area contributed by atoms with Gasteiger partial charge in [-0.1, -0.05) is 24.9 Å². The van der Waals surface area contributed by atoms with Crippen molar-refractivity contribution >= 4 is 49.9 Å². The second kappa shape index (κ2) is 8.47. The van der Waals surface area contributed by atoms with Gasteiger partial charge in [0.2, 0.25) is 0 Å². The van der Waals surface area contributed by atoms with Gasteiger partial charge in [0.15, 0.2) is 0 Å². The SMILES string of the molecule is CCCCOc1ccc2c(CC(=O)O)c(Cc3csc4ccc(Cl)cc34)[nH]c2c1. The van der Waals surface area contributed by atoms with Crippen molar-refractivity contribution in [1.82, 2.24) is 4.98 Å². The molecular formula is C23H22ClNO3S. The van der Waals surface area contributed by atoms with Gasteiger partial charge in [-0.3, -0.25) is 4.79 Å². The molecular weight excluding hydrogens is 406 g/mol.